The largest absolute Gasteiger partial charge is 0.339 e. The van der Waals surface area contributed by atoms with Gasteiger partial charge in [0.2, 0.25) is 5.91 Å². The lowest BCUT2D eigenvalue weighted by Crippen LogP contribution is -2.47. The number of carbonyl (C=O) groups excluding carboxylic acids is 1. The van der Waals surface area contributed by atoms with Crippen LogP contribution in [0, 0.1) is 17.8 Å². The molecule has 2 saturated heterocycles. The molecular formula is C31H47Cl2N3O. The van der Waals surface area contributed by atoms with E-state index in [4.69, 9.17) is 23.2 Å². The summed E-state index contributed by atoms with van der Waals surface area (Å²) >= 11 is 12.1. The number of carbonyl (C=O) groups is 1. The number of alkyl halides is 1. The number of aliphatic imine (C=N–C) groups is 1. The average molecular weight is 549 g/mol. The molecule has 0 radical (unpaired) electrons. The molecule has 37 heavy (non-hydrogen) atoms. The van der Waals surface area contributed by atoms with E-state index in [0.29, 0.717) is 23.8 Å². The van der Waals surface area contributed by atoms with Gasteiger partial charge in [-0.15, -0.1) is 11.6 Å². The van der Waals surface area contributed by atoms with Crippen molar-refractivity contribution in [3.63, 3.8) is 0 Å². The van der Waals surface area contributed by atoms with Crippen LogP contribution in [0.5, 0.6) is 0 Å². The molecule has 0 aromatic rings. The third kappa shape index (κ3) is 10.2. The van der Waals surface area contributed by atoms with Crippen molar-refractivity contribution in [1.29, 1.82) is 0 Å². The lowest BCUT2D eigenvalue weighted by molar-refractivity contribution is -0.127. The molecular weight excluding hydrogens is 501 g/mol. The van der Waals surface area contributed by atoms with Crippen LogP contribution in [0.4, 0.5) is 0 Å². The molecule has 0 aromatic heterocycles. The van der Waals surface area contributed by atoms with Crippen molar-refractivity contribution < 1.29 is 4.79 Å². The van der Waals surface area contributed by atoms with Gasteiger partial charge in [0.15, 0.2) is 0 Å². The molecule has 2 unspecified atom stereocenters. The summed E-state index contributed by atoms with van der Waals surface area (Å²) in [6.07, 6.45) is 20.5. The quantitative estimate of drug-likeness (QED) is 0.180. The lowest BCUT2D eigenvalue weighted by Gasteiger charge is -2.42. The first-order chi connectivity index (χ1) is 17.9. The second-order valence-corrected chi connectivity index (χ2v) is 10.9. The molecule has 0 bridgehead atoms. The fourth-order valence-electron chi connectivity index (χ4n) is 5.13. The number of rotatable bonds is 8. The third-order valence-corrected chi connectivity index (χ3v) is 8.66. The highest BCUT2D eigenvalue weighted by atomic mass is 35.5. The van der Waals surface area contributed by atoms with E-state index >= 15 is 0 Å². The van der Waals surface area contributed by atoms with Crippen LogP contribution < -0.4 is 0 Å². The van der Waals surface area contributed by atoms with Crippen LogP contribution in [-0.2, 0) is 4.79 Å². The predicted octanol–water partition coefficient (Wildman–Crippen LogP) is 7.42. The second-order valence-electron chi connectivity index (χ2n) is 10.1. The van der Waals surface area contributed by atoms with Crippen LogP contribution in [-0.4, -0.2) is 66.6 Å². The minimum Gasteiger partial charge on any atom is -0.339 e. The number of piperidine rings is 2. The summed E-state index contributed by atoms with van der Waals surface area (Å²) in [6, 6.07) is 0.570. The Bertz CT molecular complexity index is 886. The van der Waals surface area contributed by atoms with Gasteiger partial charge in [0.25, 0.3) is 0 Å². The number of hydrogen-bond donors (Lipinski definition) is 0. The zero-order valence-electron chi connectivity index (χ0n) is 23.5. The van der Waals surface area contributed by atoms with Gasteiger partial charge in [0.05, 0.1) is 6.54 Å². The maximum absolute atomic E-state index is 12.7. The highest BCUT2D eigenvalue weighted by molar-refractivity contribution is 6.30. The van der Waals surface area contributed by atoms with Crippen LogP contribution in [0.2, 0.25) is 0 Å². The van der Waals surface area contributed by atoms with E-state index < -0.39 is 0 Å². The Kier molecular flexibility index (Phi) is 14.6. The lowest BCUT2D eigenvalue weighted by atomic mass is 9.85. The standard InChI is InChI=1S/C29H41Cl2N3O.C2H6/c1-22(6-8-28(31)23(2)21-30)7-9-29(35)34-19-11-25(12-20-34)24(3)33-17-13-27(14-18-33)26-5-4-15-32-16-10-26;1-2/h4-10,16,23-25,27H,11-15,17-21H2,1-3H3;1-2H3/b9-7+,22-6+,28-8+;. The van der Waals surface area contributed by atoms with Crippen LogP contribution >= 0.6 is 23.2 Å². The van der Waals surface area contributed by atoms with E-state index in [1.807, 2.05) is 57.0 Å². The number of halogens is 2. The van der Waals surface area contributed by atoms with Crippen molar-refractivity contribution in [2.75, 3.05) is 38.6 Å². The van der Waals surface area contributed by atoms with Crippen molar-refractivity contribution in [2.45, 2.75) is 66.3 Å². The molecule has 3 aliphatic rings. The first-order valence-corrected chi connectivity index (χ1v) is 15.0. The van der Waals surface area contributed by atoms with Gasteiger partial charge in [0.1, 0.15) is 0 Å². The molecule has 0 N–H and O–H groups in total. The van der Waals surface area contributed by atoms with E-state index in [9.17, 15) is 4.79 Å². The van der Waals surface area contributed by atoms with Crippen LogP contribution in [0.25, 0.3) is 0 Å². The molecule has 0 saturated carbocycles. The van der Waals surface area contributed by atoms with Crippen molar-refractivity contribution >= 4 is 35.3 Å². The minimum absolute atomic E-state index is 0.0992. The minimum atomic E-state index is 0.0992. The Hall–Kier alpha value is -1.62. The van der Waals surface area contributed by atoms with E-state index in [1.165, 1.54) is 18.4 Å². The Balaban J connectivity index is 0.00000235. The molecule has 206 valence electrons. The normalized spacial score (nSPS) is 22.4. The number of amides is 1. The Morgan fingerprint density at radius 1 is 1.08 bits per heavy atom. The average Bonchev–Trinajstić information content (AvgIpc) is 3.24. The van der Waals surface area contributed by atoms with Gasteiger partial charge in [-0.05, 0) is 82.2 Å². The van der Waals surface area contributed by atoms with Crippen molar-refractivity contribution in [1.82, 2.24) is 9.80 Å². The van der Waals surface area contributed by atoms with E-state index in [1.54, 1.807) is 6.08 Å². The summed E-state index contributed by atoms with van der Waals surface area (Å²) in [5, 5.41) is 0.729. The van der Waals surface area contributed by atoms with Gasteiger partial charge in [0, 0.05) is 48.3 Å². The fraction of sp³-hybridized carbons (Fsp3) is 0.613. The first-order valence-electron chi connectivity index (χ1n) is 14.1. The van der Waals surface area contributed by atoms with Gasteiger partial charge in [-0.3, -0.25) is 9.79 Å². The fourth-order valence-corrected chi connectivity index (χ4v) is 5.52. The van der Waals surface area contributed by atoms with E-state index in [-0.39, 0.29) is 11.8 Å². The maximum atomic E-state index is 12.7. The van der Waals surface area contributed by atoms with Gasteiger partial charge in [-0.25, -0.2) is 0 Å². The van der Waals surface area contributed by atoms with E-state index in [0.717, 1.165) is 56.2 Å². The highest BCUT2D eigenvalue weighted by Crippen LogP contribution is 2.31. The molecule has 6 heteroatoms. The molecule has 0 aromatic carbocycles. The number of likely N-dealkylation sites (tertiary alicyclic amines) is 2. The summed E-state index contributed by atoms with van der Waals surface area (Å²) in [5.74, 6) is 2.03. The van der Waals surface area contributed by atoms with Crippen molar-refractivity contribution in [3.05, 3.63) is 58.7 Å². The second kappa shape index (κ2) is 17.1. The predicted molar refractivity (Wildman–Crippen MR) is 162 cm³/mol. The van der Waals surface area contributed by atoms with Gasteiger partial charge in [-0.2, -0.15) is 0 Å². The maximum Gasteiger partial charge on any atom is 0.246 e. The number of allylic oxidation sites excluding steroid dienone is 8. The summed E-state index contributed by atoms with van der Waals surface area (Å²) in [5.41, 5.74) is 2.43. The van der Waals surface area contributed by atoms with Crippen molar-refractivity contribution in [3.8, 4) is 0 Å². The van der Waals surface area contributed by atoms with Crippen LogP contribution in [0.3, 0.4) is 0 Å². The molecule has 2 fully saturated rings. The SMILES string of the molecule is CC.CC(/C=C/C(=O)N1CCC(C(C)N2CCC(C3=CC=NCC=C3)CC2)CC1)=C\C=C(\Cl)C(C)CCl. The Morgan fingerprint density at radius 3 is 2.41 bits per heavy atom. The molecule has 3 aliphatic heterocycles. The summed E-state index contributed by atoms with van der Waals surface area (Å²) in [6.45, 7) is 15.1. The highest BCUT2D eigenvalue weighted by Gasteiger charge is 2.31. The summed E-state index contributed by atoms with van der Waals surface area (Å²) < 4.78 is 0. The zero-order chi connectivity index (χ0) is 27.2. The molecule has 3 rings (SSSR count). The van der Waals surface area contributed by atoms with Gasteiger partial charge in [-0.1, -0.05) is 62.2 Å². The number of nitrogens with zero attached hydrogens (tertiary/aromatic N) is 3. The van der Waals surface area contributed by atoms with Crippen LogP contribution in [0.1, 0.15) is 60.3 Å². The van der Waals surface area contributed by atoms with Crippen molar-refractivity contribution in [2.24, 2.45) is 22.7 Å². The molecule has 3 heterocycles. The zero-order valence-corrected chi connectivity index (χ0v) is 25.0. The topological polar surface area (TPSA) is 35.9 Å². The molecule has 1 amide bonds. The molecule has 0 spiro atoms. The van der Waals surface area contributed by atoms with E-state index in [2.05, 4.69) is 35.0 Å². The Morgan fingerprint density at radius 2 is 1.76 bits per heavy atom. The Labute approximate surface area is 235 Å². The van der Waals surface area contributed by atoms with Gasteiger partial charge < -0.3 is 9.80 Å². The smallest absolute Gasteiger partial charge is 0.246 e. The number of hydrogen-bond acceptors (Lipinski definition) is 3. The molecule has 2 atom stereocenters. The van der Waals surface area contributed by atoms with Crippen LogP contribution in [0.15, 0.2) is 63.7 Å². The monoisotopic (exact) mass is 547 g/mol. The van der Waals surface area contributed by atoms with Gasteiger partial charge >= 0.3 is 0 Å². The molecule has 0 aliphatic carbocycles. The third-order valence-electron chi connectivity index (χ3n) is 7.70. The summed E-state index contributed by atoms with van der Waals surface area (Å²) in [4.78, 5) is 21.7. The molecule has 4 nitrogen and oxygen atoms in total. The summed E-state index contributed by atoms with van der Waals surface area (Å²) in [7, 11) is 0. The first kappa shape index (κ1) is 31.6.